The first-order chi connectivity index (χ1) is 20.4. The number of anilines is 1. The van der Waals surface area contributed by atoms with Gasteiger partial charge < -0.3 is 15.0 Å². The Morgan fingerprint density at radius 3 is 2.07 bits per heavy atom. The molecule has 43 heavy (non-hydrogen) atoms. The van der Waals surface area contributed by atoms with Crippen molar-refractivity contribution in [1.82, 2.24) is 10.2 Å². The number of rotatable bonds is 14. The van der Waals surface area contributed by atoms with Gasteiger partial charge in [-0.1, -0.05) is 43.1 Å². The van der Waals surface area contributed by atoms with Crippen LogP contribution in [0.1, 0.15) is 46.1 Å². The quantitative estimate of drug-likeness (QED) is 0.216. The number of amides is 2. The largest absolute Gasteiger partial charge is 0.494 e. The van der Waals surface area contributed by atoms with Crippen LogP contribution in [0, 0.1) is 5.82 Å². The number of hydrogen-bond acceptors (Lipinski definition) is 5. The van der Waals surface area contributed by atoms with E-state index in [1.165, 1.54) is 17.0 Å². The number of halogens is 3. The number of nitrogens with zero attached hydrogens (tertiary/aromatic N) is 2. The molecule has 0 heterocycles. The maximum atomic E-state index is 14.2. The minimum absolute atomic E-state index is 0.141. The molecular formula is C31H36Cl2FN3O5S. The van der Waals surface area contributed by atoms with E-state index in [0.717, 1.165) is 28.6 Å². The zero-order valence-corrected chi connectivity index (χ0v) is 26.8. The Morgan fingerprint density at radius 1 is 0.930 bits per heavy atom. The first kappa shape index (κ1) is 34.2. The summed E-state index contributed by atoms with van der Waals surface area (Å²) in [6.45, 7) is 6.96. The van der Waals surface area contributed by atoms with E-state index in [1.807, 2.05) is 20.8 Å². The van der Waals surface area contributed by atoms with Gasteiger partial charge in [0.2, 0.25) is 11.8 Å². The smallest absolute Gasteiger partial charge is 0.264 e. The highest BCUT2D eigenvalue weighted by atomic mass is 35.5. The van der Waals surface area contributed by atoms with Crippen LogP contribution in [-0.2, 0) is 26.2 Å². The van der Waals surface area contributed by atoms with Crippen LogP contribution in [0.25, 0.3) is 0 Å². The minimum Gasteiger partial charge on any atom is -0.494 e. The molecule has 8 nitrogen and oxygen atoms in total. The maximum Gasteiger partial charge on any atom is 0.264 e. The molecule has 0 aliphatic carbocycles. The lowest BCUT2D eigenvalue weighted by Crippen LogP contribution is -2.53. The van der Waals surface area contributed by atoms with Crippen molar-refractivity contribution in [2.24, 2.45) is 0 Å². The van der Waals surface area contributed by atoms with Crippen LogP contribution in [0.5, 0.6) is 5.75 Å². The topological polar surface area (TPSA) is 96.0 Å². The molecule has 0 saturated heterocycles. The van der Waals surface area contributed by atoms with Crippen molar-refractivity contribution in [1.29, 1.82) is 0 Å². The third kappa shape index (κ3) is 8.61. The van der Waals surface area contributed by atoms with E-state index in [9.17, 15) is 22.4 Å². The van der Waals surface area contributed by atoms with Crippen molar-refractivity contribution in [3.63, 3.8) is 0 Å². The lowest BCUT2D eigenvalue weighted by atomic mass is 10.1. The average molecular weight is 653 g/mol. The fourth-order valence-corrected chi connectivity index (χ4v) is 6.28. The van der Waals surface area contributed by atoms with E-state index in [4.69, 9.17) is 27.9 Å². The van der Waals surface area contributed by atoms with Gasteiger partial charge in [0.15, 0.2) is 0 Å². The molecule has 0 aliphatic heterocycles. The number of sulfonamides is 1. The molecule has 0 saturated carbocycles. The predicted octanol–water partition coefficient (Wildman–Crippen LogP) is 6.45. The molecule has 2 amide bonds. The molecule has 232 valence electrons. The molecule has 0 radical (unpaired) electrons. The number of ether oxygens (including phenoxy) is 1. The summed E-state index contributed by atoms with van der Waals surface area (Å²) >= 11 is 12.9. The number of carbonyl (C=O) groups is 2. The van der Waals surface area contributed by atoms with Gasteiger partial charge in [-0.25, -0.2) is 12.8 Å². The van der Waals surface area contributed by atoms with Gasteiger partial charge in [-0.3, -0.25) is 13.9 Å². The highest BCUT2D eigenvalue weighted by Crippen LogP contribution is 2.29. The van der Waals surface area contributed by atoms with Gasteiger partial charge in [0.1, 0.15) is 24.2 Å². The molecule has 0 bridgehead atoms. The van der Waals surface area contributed by atoms with E-state index in [1.54, 1.807) is 37.3 Å². The number of hydrogen-bond donors (Lipinski definition) is 1. The zero-order valence-electron chi connectivity index (χ0n) is 24.5. The minimum atomic E-state index is -4.36. The van der Waals surface area contributed by atoms with Crippen LogP contribution in [0.3, 0.4) is 0 Å². The lowest BCUT2D eigenvalue weighted by Gasteiger charge is -2.34. The van der Waals surface area contributed by atoms with E-state index in [0.29, 0.717) is 34.4 Å². The highest BCUT2D eigenvalue weighted by molar-refractivity contribution is 7.92. The van der Waals surface area contributed by atoms with Gasteiger partial charge in [-0.05, 0) is 87.4 Å². The predicted molar refractivity (Wildman–Crippen MR) is 168 cm³/mol. The van der Waals surface area contributed by atoms with Gasteiger partial charge in [-0.2, -0.15) is 0 Å². The molecule has 2 atom stereocenters. The number of benzene rings is 3. The van der Waals surface area contributed by atoms with Gasteiger partial charge in [-0.15, -0.1) is 0 Å². The van der Waals surface area contributed by atoms with Gasteiger partial charge >= 0.3 is 0 Å². The van der Waals surface area contributed by atoms with Gasteiger partial charge in [0.25, 0.3) is 10.0 Å². The van der Waals surface area contributed by atoms with Crippen molar-refractivity contribution in [3.05, 3.63) is 88.2 Å². The third-order valence-electron chi connectivity index (χ3n) is 6.89. The first-order valence-electron chi connectivity index (χ1n) is 14.0. The lowest BCUT2D eigenvalue weighted by molar-refractivity contribution is -0.140. The molecule has 3 aromatic rings. The molecule has 0 aromatic heterocycles. The second-order valence-corrected chi connectivity index (χ2v) is 12.5. The number of nitrogens with one attached hydrogen (secondary N) is 1. The Bertz CT molecular complexity index is 1480. The summed E-state index contributed by atoms with van der Waals surface area (Å²) in [4.78, 5) is 28.7. The van der Waals surface area contributed by atoms with Crippen LogP contribution in [-0.4, -0.2) is 50.4 Å². The third-order valence-corrected chi connectivity index (χ3v) is 9.39. The SMILES string of the molecule is CCOc1ccc(N(CC(=O)N(Cc2c(Cl)cccc2Cl)[C@H](CC)C(=O)N[C@@H](C)CC)S(=O)(=O)c2ccc(F)cc2)cc1. The van der Waals surface area contributed by atoms with E-state index >= 15 is 0 Å². The molecule has 0 unspecified atom stereocenters. The van der Waals surface area contributed by atoms with Crippen LogP contribution in [0.15, 0.2) is 71.6 Å². The van der Waals surface area contributed by atoms with Crippen molar-refractivity contribution >= 4 is 50.7 Å². The van der Waals surface area contributed by atoms with E-state index < -0.39 is 34.3 Å². The Kier molecular flexibility index (Phi) is 12.2. The average Bonchev–Trinajstić information content (AvgIpc) is 2.97. The molecule has 12 heteroatoms. The summed E-state index contributed by atoms with van der Waals surface area (Å²) in [5.41, 5.74) is 0.594. The standard InChI is InChI=1S/C31H36Cl2FN3O5S/c1-5-21(4)35-31(39)29(6-2)36(19-26-27(32)9-8-10-28(26)33)30(38)20-37(23-13-15-24(16-14-23)42-7-3)43(40,41)25-17-11-22(34)12-18-25/h8-18,21,29H,5-7,19-20H2,1-4H3,(H,35,39)/t21-,29+/m0/s1. The summed E-state index contributed by atoms with van der Waals surface area (Å²) in [7, 11) is -4.36. The normalized spacial score (nSPS) is 12.7. The van der Waals surface area contributed by atoms with Crippen LogP contribution in [0.4, 0.5) is 10.1 Å². The molecule has 0 fully saturated rings. The van der Waals surface area contributed by atoms with Crippen LogP contribution >= 0.6 is 23.2 Å². The molecule has 0 spiro atoms. The monoisotopic (exact) mass is 651 g/mol. The van der Waals surface area contributed by atoms with Crippen molar-refractivity contribution in [2.75, 3.05) is 17.5 Å². The Hall–Kier alpha value is -3.34. The Morgan fingerprint density at radius 2 is 1.53 bits per heavy atom. The molecule has 3 aromatic carbocycles. The fourth-order valence-electron chi connectivity index (χ4n) is 4.35. The highest BCUT2D eigenvalue weighted by Gasteiger charge is 2.34. The Labute approximate surface area is 262 Å². The second kappa shape index (κ2) is 15.4. The van der Waals surface area contributed by atoms with Crippen molar-refractivity contribution in [3.8, 4) is 5.75 Å². The first-order valence-corrected chi connectivity index (χ1v) is 16.2. The summed E-state index contributed by atoms with van der Waals surface area (Å²) in [6, 6.07) is 14.3. The summed E-state index contributed by atoms with van der Waals surface area (Å²) in [5, 5.41) is 3.51. The van der Waals surface area contributed by atoms with E-state index in [-0.39, 0.29) is 35.5 Å². The molecule has 0 aliphatic rings. The Balaban J connectivity index is 2.10. The maximum absolute atomic E-state index is 14.2. The van der Waals surface area contributed by atoms with Crippen molar-refractivity contribution in [2.45, 2.75) is 64.1 Å². The van der Waals surface area contributed by atoms with Gasteiger partial charge in [0.05, 0.1) is 17.2 Å². The molecular weight excluding hydrogens is 616 g/mol. The summed E-state index contributed by atoms with van der Waals surface area (Å²) < 4.78 is 47.9. The summed E-state index contributed by atoms with van der Waals surface area (Å²) in [5.74, 6) is -1.15. The molecule has 1 N–H and O–H groups in total. The summed E-state index contributed by atoms with van der Waals surface area (Å²) in [6.07, 6.45) is 0.914. The van der Waals surface area contributed by atoms with E-state index in [2.05, 4.69) is 5.32 Å². The second-order valence-electron chi connectivity index (χ2n) is 9.86. The van der Waals surface area contributed by atoms with Gasteiger partial charge in [0, 0.05) is 28.2 Å². The zero-order chi connectivity index (χ0) is 31.7. The fraction of sp³-hybridized carbons (Fsp3) is 0.355. The van der Waals surface area contributed by atoms with Crippen LogP contribution < -0.4 is 14.4 Å². The van der Waals surface area contributed by atoms with Crippen LogP contribution in [0.2, 0.25) is 10.0 Å². The van der Waals surface area contributed by atoms with Crippen molar-refractivity contribution < 1.29 is 27.1 Å². The molecule has 3 rings (SSSR count). The number of carbonyl (C=O) groups excluding carboxylic acids is 2.